The first-order valence-electron chi connectivity index (χ1n) is 8.10. The zero-order valence-corrected chi connectivity index (χ0v) is 13.4. The molecule has 112 valence electrons. The van der Waals surface area contributed by atoms with Gasteiger partial charge in [-0.15, -0.1) is 0 Å². The van der Waals surface area contributed by atoms with Crippen molar-refractivity contribution in [2.24, 2.45) is 11.8 Å². The Bertz CT molecular complexity index is 390. The summed E-state index contributed by atoms with van der Waals surface area (Å²) in [5.41, 5.74) is 1.35. The van der Waals surface area contributed by atoms with E-state index in [1.165, 1.54) is 24.8 Å². The summed E-state index contributed by atoms with van der Waals surface area (Å²) >= 11 is 0. The van der Waals surface area contributed by atoms with E-state index in [1.807, 2.05) is 6.92 Å². The van der Waals surface area contributed by atoms with Crippen LogP contribution in [0.4, 0.5) is 0 Å². The fourth-order valence-electron chi connectivity index (χ4n) is 3.41. The molecule has 0 amide bonds. The molecule has 0 aromatic heterocycles. The maximum absolute atomic E-state index is 5.50. The van der Waals surface area contributed by atoms with E-state index in [4.69, 9.17) is 4.74 Å². The summed E-state index contributed by atoms with van der Waals surface area (Å²) in [6.45, 7) is 9.79. The van der Waals surface area contributed by atoms with Crippen molar-refractivity contribution in [2.45, 2.75) is 59.0 Å². The van der Waals surface area contributed by atoms with Crippen LogP contribution < -0.4 is 10.1 Å². The second kappa shape index (κ2) is 7.12. The average molecular weight is 275 g/mol. The Morgan fingerprint density at radius 2 is 1.75 bits per heavy atom. The van der Waals surface area contributed by atoms with Crippen LogP contribution in [0.25, 0.3) is 0 Å². The first-order chi connectivity index (χ1) is 9.61. The van der Waals surface area contributed by atoms with Gasteiger partial charge in [-0.1, -0.05) is 32.4 Å². The maximum atomic E-state index is 5.50. The van der Waals surface area contributed by atoms with Gasteiger partial charge in [-0.3, -0.25) is 0 Å². The molecule has 0 aliphatic heterocycles. The molecular formula is C18H29NO. The van der Waals surface area contributed by atoms with Gasteiger partial charge in [0.05, 0.1) is 6.61 Å². The molecule has 0 radical (unpaired) electrons. The molecule has 1 saturated carbocycles. The molecule has 0 spiro atoms. The van der Waals surface area contributed by atoms with Crippen molar-refractivity contribution >= 4 is 0 Å². The number of benzene rings is 1. The molecule has 2 nitrogen and oxygen atoms in total. The van der Waals surface area contributed by atoms with Crippen LogP contribution in [0.3, 0.4) is 0 Å². The van der Waals surface area contributed by atoms with Gasteiger partial charge >= 0.3 is 0 Å². The van der Waals surface area contributed by atoms with E-state index in [0.29, 0.717) is 12.1 Å². The highest BCUT2D eigenvalue weighted by molar-refractivity contribution is 5.29. The van der Waals surface area contributed by atoms with E-state index >= 15 is 0 Å². The Morgan fingerprint density at radius 3 is 2.30 bits per heavy atom. The second-order valence-corrected chi connectivity index (χ2v) is 6.30. The lowest BCUT2D eigenvalue weighted by atomic mass is 9.78. The minimum Gasteiger partial charge on any atom is -0.494 e. The van der Waals surface area contributed by atoms with Crippen molar-refractivity contribution in [3.8, 4) is 5.75 Å². The fourth-order valence-corrected chi connectivity index (χ4v) is 3.41. The number of nitrogens with one attached hydrogen (secondary N) is 1. The van der Waals surface area contributed by atoms with Crippen molar-refractivity contribution in [1.29, 1.82) is 0 Å². The first kappa shape index (κ1) is 15.4. The molecule has 3 atom stereocenters. The highest BCUT2D eigenvalue weighted by Gasteiger charge is 2.28. The van der Waals surface area contributed by atoms with Crippen molar-refractivity contribution in [2.75, 3.05) is 6.61 Å². The molecule has 1 aromatic rings. The number of hydrogen-bond donors (Lipinski definition) is 1. The van der Waals surface area contributed by atoms with Gasteiger partial charge in [0, 0.05) is 12.1 Å². The van der Waals surface area contributed by atoms with Crippen molar-refractivity contribution in [3.05, 3.63) is 29.8 Å². The normalized spacial score (nSPS) is 28.1. The van der Waals surface area contributed by atoms with Gasteiger partial charge in [-0.05, 0) is 56.2 Å². The van der Waals surface area contributed by atoms with Gasteiger partial charge < -0.3 is 10.1 Å². The number of rotatable bonds is 5. The molecule has 1 N–H and O–H groups in total. The molecule has 2 heteroatoms. The summed E-state index contributed by atoms with van der Waals surface area (Å²) in [6.07, 6.45) is 4.11. The van der Waals surface area contributed by atoms with Crippen LogP contribution in [0, 0.1) is 11.8 Å². The predicted molar refractivity (Wildman–Crippen MR) is 85.1 cm³/mol. The van der Waals surface area contributed by atoms with Gasteiger partial charge in [-0.2, -0.15) is 0 Å². The van der Waals surface area contributed by atoms with E-state index in [0.717, 1.165) is 24.2 Å². The smallest absolute Gasteiger partial charge is 0.119 e. The minimum absolute atomic E-state index is 0.402. The molecule has 0 heterocycles. The third kappa shape index (κ3) is 3.76. The standard InChI is InChI=1S/C18H29NO/c1-5-20-17-11-9-16(10-12-17)15(4)19-18-13(2)7-6-8-14(18)3/h9-15,18-19H,5-8H2,1-4H3. The molecule has 0 saturated heterocycles. The maximum Gasteiger partial charge on any atom is 0.119 e. The first-order valence-corrected chi connectivity index (χ1v) is 8.10. The van der Waals surface area contributed by atoms with Gasteiger partial charge in [0.2, 0.25) is 0 Å². The monoisotopic (exact) mass is 275 g/mol. The quantitative estimate of drug-likeness (QED) is 0.850. The highest BCUT2D eigenvalue weighted by atomic mass is 16.5. The molecular weight excluding hydrogens is 246 g/mol. The summed E-state index contributed by atoms with van der Waals surface area (Å²) in [6, 6.07) is 9.56. The van der Waals surface area contributed by atoms with Gasteiger partial charge in [0.25, 0.3) is 0 Å². The Morgan fingerprint density at radius 1 is 1.15 bits per heavy atom. The Balaban J connectivity index is 1.98. The van der Waals surface area contributed by atoms with Crippen LogP contribution in [-0.2, 0) is 0 Å². The summed E-state index contributed by atoms with van der Waals surface area (Å²) in [5.74, 6) is 2.52. The zero-order valence-electron chi connectivity index (χ0n) is 13.4. The van der Waals surface area contributed by atoms with Crippen LogP contribution in [0.15, 0.2) is 24.3 Å². The molecule has 1 aliphatic rings. The molecule has 0 bridgehead atoms. The van der Waals surface area contributed by atoms with E-state index in [2.05, 4.69) is 50.4 Å². The summed E-state index contributed by atoms with van der Waals surface area (Å²) in [7, 11) is 0. The van der Waals surface area contributed by atoms with Crippen molar-refractivity contribution in [1.82, 2.24) is 5.32 Å². The second-order valence-electron chi connectivity index (χ2n) is 6.30. The van der Waals surface area contributed by atoms with E-state index in [9.17, 15) is 0 Å². The lowest BCUT2D eigenvalue weighted by Crippen LogP contribution is -2.43. The van der Waals surface area contributed by atoms with Gasteiger partial charge in [0.15, 0.2) is 0 Å². The largest absolute Gasteiger partial charge is 0.494 e. The predicted octanol–water partition coefficient (Wildman–Crippen LogP) is 4.56. The minimum atomic E-state index is 0.402. The fraction of sp³-hybridized carbons (Fsp3) is 0.667. The highest BCUT2D eigenvalue weighted by Crippen LogP contribution is 2.30. The van der Waals surface area contributed by atoms with Crippen LogP contribution in [0.5, 0.6) is 5.75 Å². The Hall–Kier alpha value is -1.02. The lowest BCUT2D eigenvalue weighted by molar-refractivity contribution is 0.196. The third-order valence-electron chi connectivity index (χ3n) is 4.68. The number of hydrogen-bond acceptors (Lipinski definition) is 2. The van der Waals surface area contributed by atoms with Crippen LogP contribution in [0.2, 0.25) is 0 Å². The molecule has 1 aliphatic carbocycles. The van der Waals surface area contributed by atoms with Crippen molar-refractivity contribution < 1.29 is 4.74 Å². The molecule has 2 rings (SSSR count). The van der Waals surface area contributed by atoms with E-state index in [-0.39, 0.29) is 0 Å². The molecule has 20 heavy (non-hydrogen) atoms. The SMILES string of the molecule is CCOc1ccc(C(C)NC2C(C)CCCC2C)cc1. The average Bonchev–Trinajstić information content (AvgIpc) is 2.44. The third-order valence-corrected chi connectivity index (χ3v) is 4.68. The van der Waals surface area contributed by atoms with Crippen LogP contribution in [0.1, 0.15) is 58.6 Å². The topological polar surface area (TPSA) is 21.3 Å². The van der Waals surface area contributed by atoms with Gasteiger partial charge in [-0.25, -0.2) is 0 Å². The summed E-state index contributed by atoms with van der Waals surface area (Å²) in [4.78, 5) is 0. The van der Waals surface area contributed by atoms with E-state index in [1.54, 1.807) is 0 Å². The van der Waals surface area contributed by atoms with E-state index < -0.39 is 0 Å². The molecule has 1 aromatic carbocycles. The Labute approximate surface area is 123 Å². The number of ether oxygens (including phenoxy) is 1. The zero-order chi connectivity index (χ0) is 14.5. The van der Waals surface area contributed by atoms with Crippen molar-refractivity contribution in [3.63, 3.8) is 0 Å². The molecule has 1 fully saturated rings. The van der Waals surface area contributed by atoms with Gasteiger partial charge in [0.1, 0.15) is 5.75 Å². The van der Waals surface area contributed by atoms with Crippen LogP contribution in [-0.4, -0.2) is 12.6 Å². The summed E-state index contributed by atoms with van der Waals surface area (Å²) < 4.78 is 5.50. The summed E-state index contributed by atoms with van der Waals surface area (Å²) in [5, 5.41) is 3.85. The van der Waals surface area contributed by atoms with Crippen LogP contribution >= 0.6 is 0 Å². The lowest BCUT2D eigenvalue weighted by Gasteiger charge is -2.37. The Kier molecular flexibility index (Phi) is 5.47. The molecule has 3 unspecified atom stereocenters.